The SMILES string of the molecule is COc1nn(C)cc1C(=O)NS1(=O)=NC(=O)c2ccc3c(c2)N(C[C@@H]2CC[C@H]2[C@@](O)(C#CCN(C)C)/C=C\C[C@H](C)C1)C[C@@]1(CCCc2cc(Cl)ccc21)CO3. The second kappa shape index (κ2) is 15.9. The molecule has 2 aliphatic heterocycles. The van der Waals surface area contributed by atoms with E-state index in [1.165, 1.54) is 29.1 Å². The lowest BCUT2D eigenvalue weighted by atomic mass is 9.64. The molecule has 7 rings (SSSR count). The van der Waals surface area contributed by atoms with Gasteiger partial charge in [0, 0.05) is 48.3 Å². The van der Waals surface area contributed by atoms with Crippen LogP contribution < -0.4 is 19.1 Å². The first-order valence-electron chi connectivity index (χ1n) is 19.2. The number of nitrogens with zero attached hydrogens (tertiary/aromatic N) is 5. The van der Waals surface area contributed by atoms with E-state index in [0.717, 1.165) is 37.8 Å². The normalized spacial score (nSPS) is 29.3. The van der Waals surface area contributed by atoms with Crippen LogP contribution in [0.3, 0.4) is 0 Å². The van der Waals surface area contributed by atoms with Gasteiger partial charge in [0.1, 0.15) is 26.8 Å². The van der Waals surface area contributed by atoms with Crippen molar-refractivity contribution in [1.82, 2.24) is 19.4 Å². The highest BCUT2D eigenvalue weighted by Gasteiger charge is 2.47. The number of benzene rings is 2. The average Bonchev–Trinajstić information content (AvgIpc) is 3.44. The molecule has 2 aromatic carbocycles. The molecule has 1 fully saturated rings. The molecular weight excluding hydrogens is 752 g/mol. The van der Waals surface area contributed by atoms with Crippen molar-refractivity contribution in [2.45, 2.75) is 56.5 Å². The van der Waals surface area contributed by atoms with E-state index in [1.807, 2.05) is 38.1 Å². The lowest BCUT2D eigenvalue weighted by Gasteiger charge is -2.47. The van der Waals surface area contributed by atoms with Crippen LogP contribution in [0.15, 0.2) is 59.1 Å². The second-order valence-corrected chi connectivity index (χ2v) is 18.6. The highest BCUT2D eigenvalue weighted by molar-refractivity contribution is 7.92. The third-order valence-corrected chi connectivity index (χ3v) is 13.8. The number of hydrogen-bond donors (Lipinski definition) is 2. The van der Waals surface area contributed by atoms with E-state index in [2.05, 4.69) is 43.1 Å². The Morgan fingerprint density at radius 1 is 1.23 bits per heavy atom. The van der Waals surface area contributed by atoms with Crippen LogP contribution in [0.1, 0.15) is 70.9 Å². The van der Waals surface area contributed by atoms with Crippen molar-refractivity contribution >= 4 is 39.0 Å². The van der Waals surface area contributed by atoms with Gasteiger partial charge in [0.15, 0.2) is 0 Å². The number of halogens is 1. The van der Waals surface area contributed by atoms with Crippen molar-refractivity contribution in [3.05, 3.63) is 82.0 Å². The van der Waals surface area contributed by atoms with E-state index in [-0.39, 0.29) is 45.9 Å². The molecule has 2 bridgehead atoms. The van der Waals surface area contributed by atoms with Crippen molar-refractivity contribution in [3.8, 4) is 23.5 Å². The summed E-state index contributed by atoms with van der Waals surface area (Å²) in [6, 6.07) is 11.3. The third-order valence-electron chi connectivity index (χ3n) is 11.5. The number of carbonyl (C=O) groups is 2. The molecule has 2 N–H and O–H groups in total. The van der Waals surface area contributed by atoms with E-state index >= 15 is 0 Å². The van der Waals surface area contributed by atoms with Crippen molar-refractivity contribution < 1.29 is 28.4 Å². The number of allylic oxidation sites excluding steroid dienone is 1. The van der Waals surface area contributed by atoms with Crippen LogP contribution in [-0.2, 0) is 28.8 Å². The monoisotopic (exact) mass is 802 g/mol. The van der Waals surface area contributed by atoms with Crippen molar-refractivity contribution in [2.24, 2.45) is 29.2 Å². The largest absolute Gasteiger partial charge is 0.490 e. The van der Waals surface area contributed by atoms with Gasteiger partial charge in [-0.3, -0.25) is 23.9 Å². The Kier molecular flexibility index (Phi) is 11.3. The minimum atomic E-state index is -3.69. The number of anilines is 1. The number of methoxy groups -OCH3 is 1. The Balaban J connectivity index is 1.34. The molecule has 4 aliphatic rings. The minimum absolute atomic E-state index is 0.0553. The van der Waals surface area contributed by atoms with Gasteiger partial charge in [0.2, 0.25) is 5.88 Å². The Labute approximate surface area is 334 Å². The molecule has 0 saturated heterocycles. The summed E-state index contributed by atoms with van der Waals surface area (Å²) >= 11 is 6.48. The standard InChI is InChI=1S/C42H51ClN6O6S/c1-28-9-6-18-42(52,19-8-20-47(2)3)35-14-11-31(35)23-49-26-41(17-7-10-29-21-32(43)13-15-34(29)41)27-55-37-16-12-30(22-36(37)49)38(50)45-56(53,25-28)46-39(51)33-24-48(4)44-40(33)54-5/h6,12-13,15-16,18,21-22,24,28,31,35,52H,7,9-11,14,17,20,23,25-27H2,1-5H3,(H,45,46,50,51,53)/b18-6-/t28-,31-,35+,41-,42-,56?/m0/s1. The topological polar surface area (TPSA) is 139 Å². The van der Waals surface area contributed by atoms with Crippen molar-refractivity contribution in [3.63, 3.8) is 0 Å². The number of aliphatic hydroxyl groups is 1. The number of nitrogens with one attached hydrogen (secondary N) is 1. The quantitative estimate of drug-likeness (QED) is 0.262. The Hall–Kier alpha value is -4.35. The fourth-order valence-electron chi connectivity index (χ4n) is 8.69. The average molecular weight is 803 g/mol. The lowest BCUT2D eigenvalue weighted by molar-refractivity contribution is -0.00326. The van der Waals surface area contributed by atoms with Gasteiger partial charge in [-0.15, -0.1) is 9.46 Å². The molecule has 14 heteroatoms. The number of fused-ring (bicyclic) bond motifs is 4. The molecule has 3 heterocycles. The van der Waals surface area contributed by atoms with Gasteiger partial charge in [0.25, 0.3) is 11.8 Å². The van der Waals surface area contributed by atoms with Gasteiger partial charge in [-0.25, -0.2) is 4.21 Å². The lowest BCUT2D eigenvalue weighted by Crippen LogP contribution is -2.52. The van der Waals surface area contributed by atoms with E-state index in [1.54, 1.807) is 31.3 Å². The summed E-state index contributed by atoms with van der Waals surface area (Å²) in [7, 11) is 3.22. The summed E-state index contributed by atoms with van der Waals surface area (Å²) in [5.41, 5.74) is 1.69. The summed E-state index contributed by atoms with van der Waals surface area (Å²) in [6.45, 7) is 4.02. The molecule has 2 amide bonds. The maximum Gasteiger partial charge on any atom is 0.286 e. The van der Waals surface area contributed by atoms with Crippen LogP contribution in [-0.4, -0.2) is 94.6 Å². The number of hydrogen-bond acceptors (Lipinski definition) is 9. The number of amides is 2. The highest BCUT2D eigenvalue weighted by Crippen LogP contribution is 2.48. The van der Waals surface area contributed by atoms with E-state index in [0.29, 0.717) is 43.4 Å². The molecule has 2 aliphatic carbocycles. The fraction of sp³-hybridized carbons (Fsp3) is 0.500. The first kappa shape index (κ1) is 39.9. The van der Waals surface area contributed by atoms with Crippen LogP contribution in [0.2, 0.25) is 5.02 Å². The van der Waals surface area contributed by atoms with Gasteiger partial charge in [-0.1, -0.05) is 42.5 Å². The van der Waals surface area contributed by atoms with Gasteiger partial charge in [-0.2, -0.15) is 0 Å². The number of rotatable bonds is 4. The van der Waals surface area contributed by atoms with Gasteiger partial charge in [0.05, 0.1) is 31.7 Å². The van der Waals surface area contributed by atoms with Crippen molar-refractivity contribution in [1.29, 1.82) is 0 Å². The summed E-state index contributed by atoms with van der Waals surface area (Å²) in [5.74, 6) is 5.20. The molecular formula is C42H51ClN6O6S. The molecule has 1 saturated carbocycles. The zero-order valence-corrected chi connectivity index (χ0v) is 34.3. The molecule has 1 unspecified atom stereocenters. The van der Waals surface area contributed by atoms with Crippen LogP contribution >= 0.6 is 11.6 Å². The molecule has 1 spiro atoms. The van der Waals surface area contributed by atoms with Gasteiger partial charge < -0.3 is 19.5 Å². The molecule has 6 atom stereocenters. The predicted octanol–water partition coefficient (Wildman–Crippen LogP) is 5.43. The zero-order chi connectivity index (χ0) is 39.8. The molecule has 0 radical (unpaired) electrons. The smallest absolute Gasteiger partial charge is 0.286 e. The number of aryl methyl sites for hydroxylation is 2. The van der Waals surface area contributed by atoms with Crippen LogP contribution in [0, 0.1) is 29.6 Å². The number of aromatic nitrogens is 2. The number of carbonyl (C=O) groups excluding carboxylic acids is 2. The van der Waals surface area contributed by atoms with Crippen LogP contribution in [0.5, 0.6) is 11.6 Å². The zero-order valence-electron chi connectivity index (χ0n) is 32.7. The van der Waals surface area contributed by atoms with Gasteiger partial charge >= 0.3 is 0 Å². The maximum atomic E-state index is 14.7. The van der Waals surface area contributed by atoms with E-state index in [9.17, 15) is 18.9 Å². The van der Waals surface area contributed by atoms with Gasteiger partial charge in [-0.05, 0) is 112 Å². The summed E-state index contributed by atoms with van der Waals surface area (Å²) < 4.78 is 34.9. The maximum absolute atomic E-state index is 14.7. The van der Waals surface area contributed by atoms with Crippen LogP contribution in [0.4, 0.5) is 5.69 Å². The molecule has 1 aromatic heterocycles. The first-order valence-corrected chi connectivity index (χ1v) is 21.3. The fourth-order valence-corrected chi connectivity index (χ4v) is 10.8. The summed E-state index contributed by atoms with van der Waals surface area (Å²) in [4.78, 5) is 32.0. The Bertz CT molecular complexity index is 2240. The molecule has 298 valence electrons. The molecule has 12 nitrogen and oxygen atoms in total. The van der Waals surface area contributed by atoms with Crippen molar-refractivity contribution in [2.75, 3.05) is 58.1 Å². The minimum Gasteiger partial charge on any atom is -0.490 e. The van der Waals surface area contributed by atoms with Crippen LogP contribution in [0.25, 0.3) is 0 Å². The first-order chi connectivity index (χ1) is 26.7. The van der Waals surface area contributed by atoms with E-state index < -0.39 is 27.3 Å². The molecule has 56 heavy (non-hydrogen) atoms. The Morgan fingerprint density at radius 2 is 2.05 bits per heavy atom. The Morgan fingerprint density at radius 3 is 2.80 bits per heavy atom. The molecule has 3 aromatic rings. The summed E-state index contributed by atoms with van der Waals surface area (Å²) in [6.07, 6.45) is 10.1. The second-order valence-electron chi connectivity index (χ2n) is 16.2. The third kappa shape index (κ3) is 8.21. The number of ether oxygens (including phenoxy) is 2. The highest BCUT2D eigenvalue weighted by atomic mass is 35.5. The van der Waals surface area contributed by atoms with E-state index in [4.69, 9.17) is 21.1 Å². The predicted molar refractivity (Wildman–Crippen MR) is 218 cm³/mol. The summed E-state index contributed by atoms with van der Waals surface area (Å²) in [5, 5.41) is 17.3.